The number of hydrogen-bond acceptors (Lipinski definition) is 0. The molecule has 0 amide bonds. The van der Waals surface area contributed by atoms with Gasteiger partial charge in [-0.05, 0) is 110 Å². The Labute approximate surface area is 296 Å². The van der Waals surface area contributed by atoms with Crippen LogP contribution in [-0.2, 0) is 5.41 Å². The van der Waals surface area contributed by atoms with Gasteiger partial charge in [0.2, 0.25) is 0 Å². The lowest BCUT2D eigenvalue weighted by Gasteiger charge is -2.35. The number of fused-ring (bicyclic) bond motifs is 3. The molecule has 9 aromatic carbocycles. The Morgan fingerprint density at radius 3 is 1.69 bits per heavy atom. The summed E-state index contributed by atoms with van der Waals surface area (Å²) in [6.45, 7) is 3.07. The van der Waals surface area contributed by atoms with Crippen molar-refractivity contribution in [2.75, 3.05) is 0 Å². The predicted octanol–water partition coefficient (Wildman–Crippen LogP) is 12.5. The highest BCUT2D eigenvalue weighted by Gasteiger charge is 2.33. The number of hydrogen-bond donors (Lipinski definition) is 0. The van der Waals surface area contributed by atoms with Crippen molar-refractivity contribution in [3.05, 3.63) is 156 Å². The first-order valence-electron chi connectivity index (χ1n) is 26.0. The van der Waals surface area contributed by atoms with E-state index in [2.05, 4.69) is 0 Å². The molecule has 0 spiro atoms. The fourth-order valence-corrected chi connectivity index (χ4v) is 6.41. The summed E-state index contributed by atoms with van der Waals surface area (Å²) in [6, 6.07) is -17.5. The summed E-state index contributed by atoms with van der Waals surface area (Å²) in [5.41, 5.74) is -4.46. The third-order valence-electron chi connectivity index (χ3n) is 8.56. The first-order valence-corrected chi connectivity index (χ1v) is 14.0. The molecule has 0 heterocycles. The minimum atomic E-state index is -1.52. The third-order valence-corrected chi connectivity index (χ3v) is 8.56. The maximum Gasteiger partial charge on any atom is 0.0636 e. The van der Waals surface area contributed by atoms with E-state index in [0.717, 1.165) is 0 Å². The molecule has 210 valence electrons. The second-order valence-electron chi connectivity index (χ2n) is 11.4. The number of rotatable bonds is 2. The Kier molecular flexibility index (Phi) is 2.18. The summed E-state index contributed by atoms with van der Waals surface area (Å²) in [4.78, 5) is 0. The summed E-state index contributed by atoms with van der Waals surface area (Å²) in [7, 11) is 0. The zero-order chi connectivity index (χ0) is 50.7. The smallest absolute Gasteiger partial charge is 0.0619 e. The molecular formula is C45H30. The van der Waals surface area contributed by atoms with Gasteiger partial charge in [-0.1, -0.05) is 147 Å². The van der Waals surface area contributed by atoms with Crippen LogP contribution in [0.15, 0.2) is 145 Å². The average Bonchev–Trinajstić information content (AvgIpc) is 3.29. The number of benzene rings is 9. The molecule has 9 aromatic rings. The van der Waals surface area contributed by atoms with Crippen LogP contribution in [0.4, 0.5) is 0 Å². The molecule has 10 rings (SSSR count). The maximum absolute atomic E-state index is 9.63. The quantitative estimate of drug-likeness (QED) is 0.175. The minimum absolute atomic E-state index is 0.0317. The molecule has 0 saturated heterocycles. The molecule has 1 aliphatic carbocycles. The standard InChI is InChI=1S/C45H30/c1-45(2)40-12-4-3-9-36(40)38-11-6-10-37-35(23-24-41(45)44(37)38)33-18-16-30-25-32(17-15-31(30)26-33)34-21-19-29-14-13-27-7-5-8-28-20-22-39(34)43(29)42(27)28/h3-26H,1-2H3/i3D,4D,5D,6D,7D,8D,9D,10D,11D,12D,13D,14D,15D,16D,17D,18D,19D,20D,21D,22D,23D,24D,25D,26D. The van der Waals surface area contributed by atoms with Crippen LogP contribution >= 0.6 is 0 Å². The lowest BCUT2D eigenvalue weighted by molar-refractivity contribution is 0.645. The molecule has 0 fully saturated rings. The molecule has 0 bridgehead atoms. The molecule has 0 N–H and O–H groups in total. The van der Waals surface area contributed by atoms with E-state index in [1.165, 1.54) is 13.8 Å². The highest BCUT2D eigenvalue weighted by atomic mass is 14.4. The van der Waals surface area contributed by atoms with Gasteiger partial charge < -0.3 is 0 Å². The highest BCUT2D eigenvalue weighted by Crippen LogP contribution is 2.50. The second-order valence-corrected chi connectivity index (χ2v) is 11.4. The van der Waals surface area contributed by atoms with Gasteiger partial charge in [-0.3, -0.25) is 0 Å². The Hall–Kier alpha value is -5.46. The maximum atomic E-state index is 9.63. The molecule has 0 atom stereocenters. The van der Waals surface area contributed by atoms with Crippen molar-refractivity contribution in [1.82, 2.24) is 0 Å². The summed E-state index contributed by atoms with van der Waals surface area (Å²) < 4.78 is 218. The molecule has 45 heavy (non-hydrogen) atoms. The summed E-state index contributed by atoms with van der Waals surface area (Å²) in [6.07, 6.45) is 0. The van der Waals surface area contributed by atoms with Crippen LogP contribution < -0.4 is 0 Å². The Morgan fingerprint density at radius 2 is 0.933 bits per heavy atom. The van der Waals surface area contributed by atoms with Crippen LogP contribution in [-0.4, -0.2) is 0 Å². The zero-order valence-corrected chi connectivity index (χ0v) is 23.5. The first-order chi connectivity index (χ1) is 32.1. The van der Waals surface area contributed by atoms with Gasteiger partial charge in [0.25, 0.3) is 0 Å². The van der Waals surface area contributed by atoms with Crippen LogP contribution in [0.25, 0.3) is 87.2 Å². The van der Waals surface area contributed by atoms with E-state index in [9.17, 15) is 15.1 Å². The molecule has 0 heteroatoms. The predicted molar refractivity (Wildman–Crippen MR) is 194 cm³/mol. The Balaban J connectivity index is 1.37. The first kappa shape index (κ1) is 11.2. The third kappa shape index (κ3) is 3.37. The molecule has 0 radical (unpaired) electrons. The van der Waals surface area contributed by atoms with Gasteiger partial charge >= 0.3 is 0 Å². The molecule has 0 unspecified atom stereocenters. The van der Waals surface area contributed by atoms with Gasteiger partial charge in [0, 0.05) is 5.41 Å². The Bertz CT molecular complexity index is 4000. The molecule has 0 aromatic heterocycles. The zero-order valence-electron chi connectivity index (χ0n) is 47.5. The molecule has 0 nitrogen and oxygen atoms in total. The van der Waals surface area contributed by atoms with Crippen molar-refractivity contribution in [1.29, 1.82) is 0 Å². The van der Waals surface area contributed by atoms with E-state index in [1.54, 1.807) is 0 Å². The topological polar surface area (TPSA) is 0 Å². The lowest BCUT2D eigenvalue weighted by atomic mass is 9.68. The van der Waals surface area contributed by atoms with Crippen LogP contribution in [0.2, 0.25) is 0 Å². The van der Waals surface area contributed by atoms with Crippen molar-refractivity contribution in [3.63, 3.8) is 0 Å². The van der Waals surface area contributed by atoms with E-state index in [4.69, 9.17) is 17.8 Å². The van der Waals surface area contributed by atoms with Crippen molar-refractivity contribution in [3.8, 4) is 33.4 Å². The van der Waals surface area contributed by atoms with Gasteiger partial charge in [-0.25, -0.2) is 0 Å². The van der Waals surface area contributed by atoms with E-state index >= 15 is 0 Å². The van der Waals surface area contributed by atoms with E-state index in [-0.39, 0.29) is 60.0 Å². The average molecular weight is 595 g/mol. The van der Waals surface area contributed by atoms with Crippen LogP contribution in [0.1, 0.15) is 57.9 Å². The van der Waals surface area contributed by atoms with Gasteiger partial charge in [0.15, 0.2) is 0 Å². The lowest BCUT2D eigenvalue weighted by Crippen LogP contribution is -2.23. The normalized spacial score (nSPS) is 21.2. The largest absolute Gasteiger partial charge is 0.0636 e. The molecule has 0 saturated carbocycles. The summed E-state index contributed by atoms with van der Waals surface area (Å²) in [5.74, 6) is 0. The van der Waals surface area contributed by atoms with Crippen molar-refractivity contribution in [2.24, 2.45) is 0 Å². The van der Waals surface area contributed by atoms with Gasteiger partial charge in [0.05, 0.1) is 32.9 Å². The van der Waals surface area contributed by atoms with Crippen molar-refractivity contribution < 1.29 is 32.9 Å². The molecular weight excluding hydrogens is 540 g/mol. The van der Waals surface area contributed by atoms with Crippen LogP contribution in [0.3, 0.4) is 0 Å². The highest BCUT2D eigenvalue weighted by molar-refractivity contribution is 6.25. The van der Waals surface area contributed by atoms with E-state index in [1.807, 2.05) is 0 Å². The molecule has 1 aliphatic rings. The summed E-state index contributed by atoms with van der Waals surface area (Å²) >= 11 is 0. The van der Waals surface area contributed by atoms with Gasteiger partial charge in [-0.15, -0.1) is 0 Å². The van der Waals surface area contributed by atoms with Crippen molar-refractivity contribution >= 4 is 53.9 Å². The molecule has 0 aliphatic heterocycles. The van der Waals surface area contributed by atoms with Crippen LogP contribution in [0.5, 0.6) is 0 Å². The van der Waals surface area contributed by atoms with E-state index in [0.29, 0.717) is 0 Å². The monoisotopic (exact) mass is 594 g/mol. The van der Waals surface area contributed by atoms with Gasteiger partial charge in [0.1, 0.15) is 0 Å². The van der Waals surface area contributed by atoms with Gasteiger partial charge in [-0.2, -0.15) is 0 Å². The van der Waals surface area contributed by atoms with E-state index < -0.39 is 189 Å². The second kappa shape index (κ2) is 8.80. The fraction of sp³-hybridized carbons (Fsp3) is 0.0667. The SMILES string of the molecule is [2H]c1c([2H])c([2H])c2c(c1[2H])-c1c([2H])c([2H])c([2H])c3c(-c4c([2H])c([2H])c5c([2H])c(-c6c([2H])c([2H])c7c([2H])c([2H])c8c([2H])c([2H])c([2H])c9c([2H])c([2H])c6c7c89)c([2H])c([2H])c5c4[2H])c([2H])c([2H])c(c13)C2(C)C. The Morgan fingerprint density at radius 1 is 0.378 bits per heavy atom. The van der Waals surface area contributed by atoms with Crippen molar-refractivity contribution in [2.45, 2.75) is 19.3 Å². The minimum Gasteiger partial charge on any atom is -0.0619 e. The summed E-state index contributed by atoms with van der Waals surface area (Å²) in [5, 5.41) is -3.73. The van der Waals surface area contributed by atoms with Crippen LogP contribution in [0, 0.1) is 0 Å². The fourth-order valence-electron chi connectivity index (χ4n) is 6.41.